The zero-order valence-electron chi connectivity index (χ0n) is 14.2. The first kappa shape index (κ1) is 20.9. The maximum absolute atomic E-state index is 5.84. The van der Waals surface area contributed by atoms with Gasteiger partial charge in [0, 0.05) is 25.8 Å². The van der Waals surface area contributed by atoms with Crippen LogP contribution in [0, 0.1) is 5.92 Å². The van der Waals surface area contributed by atoms with Gasteiger partial charge in [-0.1, -0.05) is 19.9 Å². The molecule has 1 aromatic heterocycles. The number of anilines is 1. The maximum Gasteiger partial charge on any atom is 0.188 e. The van der Waals surface area contributed by atoms with E-state index >= 15 is 0 Å². The van der Waals surface area contributed by atoms with Crippen molar-refractivity contribution in [2.75, 3.05) is 24.5 Å². The van der Waals surface area contributed by atoms with Crippen molar-refractivity contribution in [3.05, 3.63) is 23.9 Å². The molecule has 0 spiro atoms. The third-order valence-electron chi connectivity index (χ3n) is 3.36. The van der Waals surface area contributed by atoms with Crippen molar-refractivity contribution in [2.45, 2.75) is 40.7 Å². The van der Waals surface area contributed by atoms with Gasteiger partial charge in [-0.05, 0) is 37.8 Å². The van der Waals surface area contributed by atoms with Gasteiger partial charge in [-0.2, -0.15) is 0 Å². The van der Waals surface area contributed by atoms with Gasteiger partial charge in [0.2, 0.25) is 0 Å². The number of halogens is 1. The lowest BCUT2D eigenvalue weighted by Crippen LogP contribution is -2.32. The predicted octanol–water partition coefficient (Wildman–Crippen LogP) is 3.00. The Morgan fingerprint density at radius 1 is 1.32 bits per heavy atom. The van der Waals surface area contributed by atoms with Crippen molar-refractivity contribution in [1.82, 2.24) is 10.3 Å². The summed E-state index contributed by atoms with van der Waals surface area (Å²) in [5.74, 6) is 2.18. The number of aromatic nitrogens is 1. The second kappa shape index (κ2) is 11.5. The minimum absolute atomic E-state index is 0. The van der Waals surface area contributed by atoms with Gasteiger partial charge in [-0.15, -0.1) is 24.0 Å². The van der Waals surface area contributed by atoms with Crippen LogP contribution in [0.2, 0.25) is 0 Å². The van der Waals surface area contributed by atoms with Gasteiger partial charge in [-0.25, -0.2) is 9.98 Å². The number of hydrogen-bond donors (Lipinski definition) is 2. The summed E-state index contributed by atoms with van der Waals surface area (Å²) >= 11 is 0. The fourth-order valence-corrected chi connectivity index (χ4v) is 1.97. The first-order valence-corrected chi connectivity index (χ1v) is 7.80. The molecule has 22 heavy (non-hydrogen) atoms. The lowest BCUT2D eigenvalue weighted by molar-refractivity contribution is 0.576. The van der Waals surface area contributed by atoms with Crippen LogP contribution in [0.25, 0.3) is 0 Å². The topological polar surface area (TPSA) is 66.5 Å². The fraction of sp³-hybridized carbons (Fsp3) is 0.625. The van der Waals surface area contributed by atoms with Gasteiger partial charge >= 0.3 is 0 Å². The van der Waals surface area contributed by atoms with Crippen LogP contribution >= 0.6 is 24.0 Å². The molecule has 5 nitrogen and oxygen atoms in total. The quantitative estimate of drug-likeness (QED) is 0.386. The zero-order chi connectivity index (χ0) is 15.7. The van der Waals surface area contributed by atoms with Crippen LogP contribution in [0.4, 0.5) is 5.82 Å². The Kier molecular flexibility index (Phi) is 11.0. The van der Waals surface area contributed by atoms with E-state index < -0.39 is 0 Å². The molecule has 0 amide bonds. The number of nitrogens with two attached hydrogens (primary N) is 1. The van der Waals surface area contributed by atoms with E-state index in [1.54, 1.807) is 0 Å². The molecule has 0 aromatic carbocycles. The van der Waals surface area contributed by atoms with Gasteiger partial charge in [0.1, 0.15) is 5.82 Å². The molecular formula is C16H30IN5. The highest BCUT2D eigenvalue weighted by atomic mass is 127. The highest BCUT2D eigenvalue weighted by molar-refractivity contribution is 14.0. The highest BCUT2D eigenvalue weighted by Crippen LogP contribution is 2.11. The summed E-state index contributed by atoms with van der Waals surface area (Å²) in [4.78, 5) is 11.0. The van der Waals surface area contributed by atoms with Crippen molar-refractivity contribution in [2.24, 2.45) is 16.6 Å². The standard InChI is InChI=1S/C16H29N5.HI/c1-5-21(6-2)15-8-7-14(11-19-15)12-20-16(17)18-10-9-13(3)4;/h7-8,11,13H,5-6,9-10,12H2,1-4H3,(H3,17,18,20);1H. The normalized spacial score (nSPS) is 11.2. The molecule has 0 fully saturated rings. The van der Waals surface area contributed by atoms with E-state index in [4.69, 9.17) is 5.73 Å². The van der Waals surface area contributed by atoms with Crippen LogP contribution in [0.5, 0.6) is 0 Å². The van der Waals surface area contributed by atoms with Crippen LogP contribution < -0.4 is 16.0 Å². The number of rotatable bonds is 8. The fourth-order valence-electron chi connectivity index (χ4n) is 1.97. The third-order valence-corrected chi connectivity index (χ3v) is 3.36. The van der Waals surface area contributed by atoms with Gasteiger partial charge in [0.05, 0.1) is 6.54 Å². The molecule has 1 aromatic rings. The number of pyridine rings is 1. The molecule has 6 heteroatoms. The summed E-state index contributed by atoms with van der Waals surface area (Å²) in [6, 6.07) is 4.10. The van der Waals surface area contributed by atoms with Crippen LogP contribution in [0.1, 0.15) is 39.7 Å². The predicted molar refractivity (Wildman–Crippen MR) is 106 cm³/mol. The van der Waals surface area contributed by atoms with Gasteiger partial charge in [0.15, 0.2) is 5.96 Å². The molecular weight excluding hydrogens is 389 g/mol. The maximum atomic E-state index is 5.84. The Labute approximate surface area is 151 Å². The van der Waals surface area contributed by atoms with Crippen molar-refractivity contribution in [3.63, 3.8) is 0 Å². The SMILES string of the molecule is CCN(CC)c1ccc(CN=C(N)NCCC(C)C)cn1.I. The van der Waals surface area contributed by atoms with Gasteiger partial charge in [-0.3, -0.25) is 0 Å². The zero-order valence-corrected chi connectivity index (χ0v) is 16.5. The Hall–Kier alpha value is -1.05. The van der Waals surface area contributed by atoms with E-state index in [2.05, 4.69) is 54.0 Å². The first-order valence-electron chi connectivity index (χ1n) is 7.80. The monoisotopic (exact) mass is 419 g/mol. The van der Waals surface area contributed by atoms with E-state index in [1.807, 2.05) is 12.3 Å². The molecule has 0 saturated heterocycles. The average molecular weight is 419 g/mol. The van der Waals surface area contributed by atoms with Crippen molar-refractivity contribution >= 4 is 35.8 Å². The minimum Gasteiger partial charge on any atom is -0.370 e. The van der Waals surface area contributed by atoms with E-state index in [0.717, 1.165) is 37.4 Å². The summed E-state index contributed by atoms with van der Waals surface area (Å²) in [7, 11) is 0. The van der Waals surface area contributed by atoms with Crippen LogP contribution in [-0.2, 0) is 6.54 Å². The summed E-state index contributed by atoms with van der Waals surface area (Å²) in [6.45, 7) is 12.0. The smallest absolute Gasteiger partial charge is 0.188 e. The first-order chi connectivity index (χ1) is 10.1. The van der Waals surface area contributed by atoms with E-state index in [1.165, 1.54) is 0 Å². The van der Waals surface area contributed by atoms with Crippen LogP contribution in [0.15, 0.2) is 23.3 Å². The number of guanidine groups is 1. The molecule has 0 unspecified atom stereocenters. The van der Waals surface area contributed by atoms with E-state index in [9.17, 15) is 0 Å². The lowest BCUT2D eigenvalue weighted by Gasteiger charge is -2.19. The van der Waals surface area contributed by atoms with Crippen LogP contribution in [0.3, 0.4) is 0 Å². The Balaban J connectivity index is 0.00000441. The Bertz CT molecular complexity index is 427. The van der Waals surface area contributed by atoms with E-state index in [-0.39, 0.29) is 24.0 Å². The summed E-state index contributed by atoms with van der Waals surface area (Å²) in [6.07, 6.45) is 2.97. The highest BCUT2D eigenvalue weighted by Gasteiger charge is 2.02. The van der Waals surface area contributed by atoms with Gasteiger partial charge < -0.3 is 16.0 Å². The van der Waals surface area contributed by atoms with Crippen molar-refractivity contribution in [3.8, 4) is 0 Å². The number of aliphatic imine (C=N–C) groups is 1. The largest absolute Gasteiger partial charge is 0.370 e. The molecule has 0 aliphatic rings. The minimum atomic E-state index is 0. The molecule has 0 atom stereocenters. The molecule has 126 valence electrons. The Morgan fingerprint density at radius 2 is 2.00 bits per heavy atom. The molecule has 0 aliphatic carbocycles. The molecule has 1 rings (SSSR count). The summed E-state index contributed by atoms with van der Waals surface area (Å²) in [5.41, 5.74) is 6.91. The lowest BCUT2D eigenvalue weighted by atomic mass is 10.1. The van der Waals surface area contributed by atoms with Crippen molar-refractivity contribution in [1.29, 1.82) is 0 Å². The summed E-state index contributed by atoms with van der Waals surface area (Å²) in [5, 5.41) is 3.13. The second-order valence-electron chi connectivity index (χ2n) is 5.51. The second-order valence-corrected chi connectivity index (χ2v) is 5.51. The molecule has 0 saturated carbocycles. The summed E-state index contributed by atoms with van der Waals surface area (Å²) < 4.78 is 0. The Morgan fingerprint density at radius 3 is 2.50 bits per heavy atom. The van der Waals surface area contributed by atoms with Gasteiger partial charge in [0.25, 0.3) is 0 Å². The molecule has 0 bridgehead atoms. The number of nitrogens with one attached hydrogen (secondary N) is 1. The van der Waals surface area contributed by atoms with Crippen molar-refractivity contribution < 1.29 is 0 Å². The molecule has 0 aliphatic heterocycles. The molecule has 0 radical (unpaired) electrons. The average Bonchev–Trinajstić information content (AvgIpc) is 2.47. The number of hydrogen-bond acceptors (Lipinski definition) is 3. The van der Waals surface area contributed by atoms with E-state index in [0.29, 0.717) is 18.4 Å². The molecule has 1 heterocycles. The third kappa shape index (κ3) is 7.82. The number of nitrogens with zero attached hydrogens (tertiary/aromatic N) is 3. The van der Waals surface area contributed by atoms with Crippen LogP contribution in [-0.4, -0.2) is 30.6 Å². The molecule has 3 N–H and O–H groups in total.